The Hall–Kier alpha value is -2.28. The summed E-state index contributed by atoms with van der Waals surface area (Å²) in [7, 11) is 0. The molecule has 30 heavy (non-hydrogen) atoms. The highest BCUT2D eigenvalue weighted by atomic mass is 35.5. The van der Waals surface area contributed by atoms with Crippen LogP contribution < -0.4 is 9.64 Å². The Labute approximate surface area is 182 Å². The van der Waals surface area contributed by atoms with E-state index >= 15 is 0 Å². The van der Waals surface area contributed by atoms with E-state index in [-0.39, 0.29) is 5.91 Å². The summed E-state index contributed by atoms with van der Waals surface area (Å²) >= 11 is 6.12. The summed E-state index contributed by atoms with van der Waals surface area (Å²) in [5.74, 6) is 0.823. The summed E-state index contributed by atoms with van der Waals surface area (Å²) in [4.78, 5) is 19.4. The largest absolute Gasteiger partial charge is 0.491 e. The zero-order valence-corrected chi connectivity index (χ0v) is 17.9. The molecule has 0 radical (unpaired) electrons. The number of benzene rings is 2. The molecule has 2 aromatic carbocycles. The molecule has 2 aromatic rings. The van der Waals surface area contributed by atoms with E-state index in [0.717, 1.165) is 70.3 Å². The molecule has 0 unspecified atom stereocenters. The molecule has 0 spiro atoms. The van der Waals surface area contributed by atoms with Crippen LogP contribution in [0.15, 0.2) is 48.5 Å². The zero-order valence-electron chi connectivity index (χ0n) is 17.1. The van der Waals surface area contributed by atoms with Gasteiger partial charge >= 0.3 is 0 Å². The normalized spacial score (nSPS) is 17.8. The van der Waals surface area contributed by atoms with Gasteiger partial charge in [-0.2, -0.15) is 0 Å². The van der Waals surface area contributed by atoms with Gasteiger partial charge in [0.1, 0.15) is 12.4 Å². The predicted octanol–water partition coefficient (Wildman–Crippen LogP) is 3.01. The number of hydrogen-bond acceptors (Lipinski definition) is 5. The monoisotopic (exact) mass is 429 g/mol. The average Bonchev–Trinajstić information content (AvgIpc) is 2.81. The maximum absolute atomic E-state index is 12.9. The first-order valence-corrected chi connectivity index (χ1v) is 10.9. The molecule has 0 bridgehead atoms. The van der Waals surface area contributed by atoms with Crippen molar-refractivity contribution in [3.05, 3.63) is 59.1 Å². The Bertz CT molecular complexity index is 832. The molecule has 2 heterocycles. The molecule has 7 heteroatoms. The lowest BCUT2D eigenvalue weighted by molar-refractivity contribution is 0.0620. The fourth-order valence-electron chi connectivity index (χ4n) is 3.84. The lowest BCUT2D eigenvalue weighted by Crippen LogP contribution is -2.49. The minimum absolute atomic E-state index is 0.107. The van der Waals surface area contributed by atoms with Gasteiger partial charge in [0.05, 0.1) is 18.2 Å². The number of halogens is 1. The van der Waals surface area contributed by atoms with Gasteiger partial charge < -0.3 is 19.3 Å². The van der Waals surface area contributed by atoms with Gasteiger partial charge in [-0.05, 0) is 36.4 Å². The smallest absolute Gasteiger partial charge is 0.253 e. The summed E-state index contributed by atoms with van der Waals surface area (Å²) in [6, 6.07) is 15.5. The lowest BCUT2D eigenvalue weighted by Gasteiger charge is -2.34. The maximum Gasteiger partial charge on any atom is 0.253 e. The number of morpholine rings is 1. The van der Waals surface area contributed by atoms with Crippen molar-refractivity contribution in [2.75, 3.05) is 70.5 Å². The van der Waals surface area contributed by atoms with Crippen LogP contribution in [-0.2, 0) is 4.74 Å². The number of rotatable bonds is 6. The van der Waals surface area contributed by atoms with Crippen molar-refractivity contribution in [3.63, 3.8) is 0 Å². The summed E-state index contributed by atoms with van der Waals surface area (Å²) in [5, 5.41) is 0.632. The van der Waals surface area contributed by atoms with E-state index in [1.165, 1.54) is 0 Å². The second-order valence-electron chi connectivity index (χ2n) is 7.56. The highest BCUT2D eigenvalue weighted by molar-refractivity contribution is 6.32. The molecule has 0 atom stereocenters. The number of anilines is 1. The van der Waals surface area contributed by atoms with Crippen LogP contribution in [0.5, 0.6) is 5.75 Å². The highest BCUT2D eigenvalue weighted by Crippen LogP contribution is 2.23. The number of amides is 1. The number of para-hydroxylation sites is 1. The Morgan fingerprint density at radius 3 is 2.33 bits per heavy atom. The van der Waals surface area contributed by atoms with Gasteiger partial charge in [-0.25, -0.2) is 0 Å². The zero-order chi connectivity index (χ0) is 20.8. The Morgan fingerprint density at radius 1 is 0.933 bits per heavy atom. The molecule has 2 aliphatic heterocycles. The van der Waals surface area contributed by atoms with Gasteiger partial charge in [0.25, 0.3) is 5.91 Å². The third-order valence-corrected chi connectivity index (χ3v) is 5.96. The van der Waals surface area contributed by atoms with Crippen LogP contribution in [-0.4, -0.2) is 81.3 Å². The Kier molecular flexibility index (Phi) is 7.10. The SMILES string of the molecule is O=C(c1ccc(N2CCOCC2)cc1)N1CCN(CCOc2ccccc2Cl)CC1. The quantitative estimate of drug-likeness (QED) is 0.706. The number of piperazine rings is 1. The molecular weight excluding hydrogens is 402 g/mol. The van der Waals surface area contributed by atoms with E-state index in [1.54, 1.807) is 0 Å². The number of carbonyl (C=O) groups excluding carboxylic acids is 1. The standard InChI is InChI=1S/C23H28ClN3O3/c24-21-3-1-2-4-22(21)30-18-13-25-9-11-27(12-10-25)23(28)19-5-7-20(8-6-19)26-14-16-29-17-15-26/h1-8H,9-18H2. The van der Waals surface area contributed by atoms with Gasteiger partial charge in [0.2, 0.25) is 0 Å². The number of nitrogens with zero attached hydrogens (tertiary/aromatic N) is 3. The third kappa shape index (κ3) is 5.25. The minimum atomic E-state index is 0.107. The predicted molar refractivity (Wildman–Crippen MR) is 119 cm³/mol. The molecule has 4 rings (SSSR count). The molecule has 0 aromatic heterocycles. The van der Waals surface area contributed by atoms with Crippen molar-refractivity contribution >= 4 is 23.2 Å². The fourth-order valence-corrected chi connectivity index (χ4v) is 4.03. The van der Waals surface area contributed by atoms with Crippen molar-refractivity contribution in [3.8, 4) is 5.75 Å². The summed E-state index contributed by atoms with van der Waals surface area (Å²) in [5.41, 5.74) is 1.90. The maximum atomic E-state index is 12.9. The number of carbonyl (C=O) groups is 1. The minimum Gasteiger partial charge on any atom is -0.491 e. The van der Waals surface area contributed by atoms with Crippen molar-refractivity contribution in [2.24, 2.45) is 0 Å². The van der Waals surface area contributed by atoms with E-state index in [2.05, 4.69) is 9.80 Å². The topological polar surface area (TPSA) is 45.2 Å². The second-order valence-corrected chi connectivity index (χ2v) is 7.97. The van der Waals surface area contributed by atoms with Crippen molar-refractivity contribution in [2.45, 2.75) is 0 Å². The summed E-state index contributed by atoms with van der Waals surface area (Å²) in [6.07, 6.45) is 0. The average molecular weight is 430 g/mol. The van der Waals surface area contributed by atoms with E-state index in [9.17, 15) is 4.79 Å². The van der Waals surface area contributed by atoms with Gasteiger partial charge in [0.15, 0.2) is 0 Å². The van der Waals surface area contributed by atoms with Gasteiger partial charge in [-0.1, -0.05) is 23.7 Å². The van der Waals surface area contributed by atoms with Crippen LogP contribution in [0.4, 0.5) is 5.69 Å². The first-order chi connectivity index (χ1) is 14.7. The Morgan fingerprint density at radius 2 is 1.63 bits per heavy atom. The first-order valence-electron chi connectivity index (χ1n) is 10.5. The van der Waals surface area contributed by atoms with Crippen LogP contribution >= 0.6 is 11.6 Å². The first kappa shape index (κ1) is 21.0. The number of hydrogen-bond donors (Lipinski definition) is 0. The van der Waals surface area contributed by atoms with E-state index in [4.69, 9.17) is 21.1 Å². The number of ether oxygens (including phenoxy) is 2. The van der Waals surface area contributed by atoms with Crippen molar-refractivity contribution < 1.29 is 14.3 Å². The highest BCUT2D eigenvalue weighted by Gasteiger charge is 2.22. The molecule has 2 fully saturated rings. The molecule has 2 aliphatic rings. The second kappa shape index (κ2) is 10.2. The molecule has 0 N–H and O–H groups in total. The van der Waals surface area contributed by atoms with Gasteiger partial charge in [-0.15, -0.1) is 0 Å². The fraction of sp³-hybridized carbons (Fsp3) is 0.435. The van der Waals surface area contributed by atoms with Crippen LogP contribution in [0.25, 0.3) is 0 Å². The summed E-state index contributed by atoms with van der Waals surface area (Å²) < 4.78 is 11.2. The molecule has 1 amide bonds. The van der Waals surface area contributed by atoms with E-state index < -0.39 is 0 Å². The lowest BCUT2D eigenvalue weighted by atomic mass is 10.1. The van der Waals surface area contributed by atoms with Crippen LogP contribution in [0.1, 0.15) is 10.4 Å². The molecular formula is C23H28ClN3O3. The molecule has 160 valence electrons. The van der Waals surface area contributed by atoms with E-state index in [0.29, 0.717) is 17.4 Å². The molecule has 6 nitrogen and oxygen atoms in total. The van der Waals surface area contributed by atoms with Crippen LogP contribution in [0.3, 0.4) is 0 Å². The molecule has 2 saturated heterocycles. The van der Waals surface area contributed by atoms with Crippen molar-refractivity contribution in [1.82, 2.24) is 9.80 Å². The van der Waals surface area contributed by atoms with Crippen LogP contribution in [0, 0.1) is 0 Å². The van der Waals surface area contributed by atoms with Gasteiger partial charge in [-0.3, -0.25) is 9.69 Å². The summed E-state index contributed by atoms with van der Waals surface area (Å²) in [6.45, 7) is 7.88. The molecule has 0 aliphatic carbocycles. The van der Waals surface area contributed by atoms with Crippen molar-refractivity contribution in [1.29, 1.82) is 0 Å². The molecule has 0 saturated carbocycles. The van der Waals surface area contributed by atoms with Crippen LogP contribution in [0.2, 0.25) is 5.02 Å². The third-order valence-electron chi connectivity index (χ3n) is 5.65. The Balaban J connectivity index is 1.22. The van der Waals surface area contributed by atoms with Gasteiger partial charge in [0, 0.05) is 57.1 Å². The van der Waals surface area contributed by atoms with E-state index in [1.807, 2.05) is 53.4 Å².